The molecule has 0 aromatic rings. The molecule has 98 valence electrons. The van der Waals surface area contributed by atoms with Crippen molar-refractivity contribution in [2.45, 2.75) is 12.2 Å². The highest BCUT2D eigenvalue weighted by Crippen LogP contribution is 2.06. The Bertz CT molecular complexity index is 293. The lowest BCUT2D eigenvalue weighted by molar-refractivity contribution is -0.810. The van der Waals surface area contributed by atoms with E-state index in [4.69, 9.17) is 5.11 Å². The summed E-state index contributed by atoms with van der Waals surface area (Å²) in [6.07, 6.45) is -3.60. The Hall–Kier alpha value is -2.44. The van der Waals surface area contributed by atoms with Gasteiger partial charge in [0.15, 0.2) is 12.2 Å². The van der Waals surface area contributed by atoms with Gasteiger partial charge in [0.05, 0.1) is 6.61 Å². The minimum absolute atomic E-state index is 1.01. The van der Waals surface area contributed by atoms with E-state index in [2.05, 4.69) is 14.5 Å². The van der Waals surface area contributed by atoms with Crippen molar-refractivity contribution < 1.29 is 34.9 Å². The molecule has 0 saturated carbocycles. The van der Waals surface area contributed by atoms with Gasteiger partial charge in [0.1, 0.15) is 6.61 Å². The van der Waals surface area contributed by atoms with Crippen LogP contribution in [0.25, 0.3) is 0 Å². The summed E-state index contributed by atoms with van der Waals surface area (Å²) in [6.45, 7) is -2.03. The molecule has 17 heavy (non-hydrogen) atoms. The molecule has 0 unspecified atom stereocenters. The molecule has 2 atom stereocenters. The van der Waals surface area contributed by atoms with Crippen molar-refractivity contribution in [3.63, 3.8) is 0 Å². The minimum Gasteiger partial charge on any atom is -0.394 e. The summed E-state index contributed by atoms with van der Waals surface area (Å²) >= 11 is 0. The quantitative estimate of drug-likeness (QED) is 0.371. The average Bonchev–Trinajstić information content (AvgIpc) is 2.20. The summed E-state index contributed by atoms with van der Waals surface area (Å²) in [6, 6.07) is 0. The molecule has 0 aromatic heterocycles. The van der Waals surface area contributed by atoms with E-state index < -0.39 is 40.7 Å². The van der Waals surface area contributed by atoms with Gasteiger partial charge < -0.3 is 19.6 Å². The number of hydrogen-bond donors (Lipinski definition) is 1. The molecular formula is C4H7N3O10. The Labute approximate surface area is 91.8 Å². The van der Waals surface area contributed by atoms with Gasteiger partial charge in [-0.3, -0.25) is 0 Å². The zero-order valence-corrected chi connectivity index (χ0v) is 8.03. The first-order chi connectivity index (χ1) is 7.86. The third-order valence-electron chi connectivity index (χ3n) is 1.38. The SMILES string of the molecule is O=[N+]([O-])OC[C@H](O[N+](=O)[O-])[C@@H](CO)O[N+](=O)[O-]. The smallest absolute Gasteiger partial charge is 0.294 e. The number of rotatable bonds is 9. The van der Waals surface area contributed by atoms with E-state index in [0.717, 1.165) is 0 Å². The van der Waals surface area contributed by atoms with Crippen LogP contribution in [0.5, 0.6) is 0 Å². The summed E-state index contributed by atoms with van der Waals surface area (Å²) in [7, 11) is 0. The van der Waals surface area contributed by atoms with Gasteiger partial charge in [0, 0.05) is 0 Å². The maximum Gasteiger partial charge on any atom is 0.294 e. The summed E-state index contributed by atoms with van der Waals surface area (Å²) in [5, 5.41) is 34.5. The van der Waals surface area contributed by atoms with E-state index in [1.807, 2.05) is 0 Å². The minimum atomic E-state index is -1.81. The lowest BCUT2D eigenvalue weighted by atomic mass is 10.2. The molecule has 0 aliphatic carbocycles. The van der Waals surface area contributed by atoms with Crippen molar-refractivity contribution >= 4 is 0 Å². The zero-order chi connectivity index (χ0) is 13.4. The van der Waals surface area contributed by atoms with Crippen LogP contribution >= 0.6 is 0 Å². The maximum absolute atomic E-state index is 10.0. The van der Waals surface area contributed by atoms with Crippen molar-refractivity contribution in [3.05, 3.63) is 30.3 Å². The largest absolute Gasteiger partial charge is 0.394 e. The van der Waals surface area contributed by atoms with Crippen molar-refractivity contribution in [2.24, 2.45) is 0 Å². The molecule has 0 heterocycles. The summed E-state index contributed by atoms with van der Waals surface area (Å²) in [4.78, 5) is 41.3. The van der Waals surface area contributed by atoms with Gasteiger partial charge in [-0.1, -0.05) is 0 Å². The second-order valence-electron chi connectivity index (χ2n) is 2.44. The van der Waals surface area contributed by atoms with E-state index in [0.29, 0.717) is 0 Å². The van der Waals surface area contributed by atoms with Crippen LogP contribution in [0.15, 0.2) is 0 Å². The molecule has 0 amide bonds. The third kappa shape index (κ3) is 6.61. The van der Waals surface area contributed by atoms with Crippen molar-refractivity contribution in [3.8, 4) is 0 Å². The van der Waals surface area contributed by atoms with Crippen LogP contribution in [0.2, 0.25) is 0 Å². The highest BCUT2D eigenvalue weighted by Gasteiger charge is 2.29. The predicted molar refractivity (Wildman–Crippen MR) is 43.8 cm³/mol. The fourth-order valence-electron chi connectivity index (χ4n) is 0.780. The van der Waals surface area contributed by atoms with Crippen LogP contribution in [0.4, 0.5) is 0 Å². The molecule has 0 radical (unpaired) electrons. The van der Waals surface area contributed by atoms with Crippen LogP contribution in [0, 0.1) is 30.3 Å². The fraction of sp³-hybridized carbons (Fsp3) is 1.00. The van der Waals surface area contributed by atoms with Crippen LogP contribution < -0.4 is 0 Å². The second-order valence-corrected chi connectivity index (χ2v) is 2.44. The van der Waals surface area contributed by atoms with Crippen LogP contribution in [0.1, 0.15) is 0 Å². The molecule has 0 spiro atoms. The van der Waals surface area contributed by atoms with Gasteiger partial charge in [-0.25, -0.2) is 0 Å². The molecule has 13 heteroatoms. The average molecular weight is 257 g/mol. The van der Waals surface area contributed by atoms with Gasteiger partial charge in [-0.05, 0) is 0 Å². The lowest BCUT2D eigenvalue weighted by Crippen LogP contribution is -2.41. The molecule has 0 aliphatic heterocycles. The number of aliphatic hydroxyl groups is 1. The normalized spacial score (nSPS) is 13.2. The second kappa shape index (κ2) is 6.94. The van der Waals surface area contributed by atoms with E-state index in [9.17, 15) is 30.3 Å². The predicted octanol–water partition coefficient (Wildman–Crippen LogP) is -1.66. The molecule has 0 aliphatic rings. The maximum atomic E-state index is 10.0. The van der Waals surface area contributed by atoms with Gasteiger partial charge in [-0.2, -0.15) is 0 Å². The standard InChI is InChI=1S/C4H7N3O10/c8-1-3(16-6(11)12)4(17-7(13)14)2-15-5(9)10/h3-4,8H,1-2H2/t3-,4+/m1/s1. The van der Waals surface area contributed by atoms with E-state index in [1.165, 1.54) is 0 Å². The molecule has 1 N–H and O–H groups in total. The van der Waals surface area contributed by atoms with Crippen molar-refractivity contribution in [2.75, 3.05) is 13.2 Å². The van der Waals surface area contributed by atoms with E-state index in [1.54, 1.807) is 0 Å². The van der Waals surface area contributed by atoms with Crippen LogP contribution in [0.3, 0.4) is 0 Å². The zero-order valence-electron chi connectivity index (χ0n) is 8.03. The Balaban J connectivity index is 4.54. The lowest BCUT2D eigenvalue weighted by Gasteiger charge is -2.20. The first kappa shape index (κ1) is 14.6. The molecule has 0 rings (SSSR count). The van der Waals surface area contributed by atoms with E-state index in [-0.39, 0.29) is 0 Å². The van der Waals surface area contributed by atoms with Gasteiger partial charge >= 0.3 is 0 Å². The summed E-state index contributed by atoms with van der Waals surface area (Å²) < 4.78 is 0. The highest BCUT2D eigenvalue weighted by atomic mass is 17.0. The molecule has 0 fully saturated rings. The molecule has 0 bridgehead atoms. The Kier molecular flexibility index (Phi) is 5.94. The Morgan fingerprint density at radius 1 is 0.941 bits per heavy atom. The molecule has 0 saturated heterocycles. The highest BCUT2D eigenvalue weighted by molar-refractivity contribution is 4.66. The topological polar surface area (TPSA) is 177 Å². The van der Waals surface area contributed by atoms with Crippen LogP contribution in [-0.4, -0.2) is 45.8 Å². The Morgan fingerprint density at radius 2 is 1.41 bits per heavy atom. The number of hydrogen-bond acceptors (Lipinski definition) is 10. The van der Waals surface area contributed by atoms with Gasteiger partial charge in [0.2, 0.25) is 0 Å². The summed E-state index contributed by atoms with van der Waals surface area (Å²) in [5.74, 6) is 0. The molecular weight excluding hydrogens is 250 g/mol. The van der Waals surface area contributed by atoms with Crippen LogP contribution in [-0.2, 0) is 14.5 Å². The molecule has 13 nitrogen and oxygen atoms in total. The third-order valence-corrected chi connectivity index (χ3v) is 1.38. The molecule has 0 aromatic carbocycles. The van der Waals surface area contributed by atoms with E-state index >= 15 is 0 Å². The fourth-order valence-corrected chi connectivity index (χ4v) is 0.780. The Morgan fingerprint density at radius 3 is 1.76 bits per heavy atom. The monoisotopic (exact) mass is 257 g/mol. The number of nitrogens with zero attached hydrogens (tertiary/aromatic N) is 3. The number of aliphatic hydroxyl groups excluding tert-OH is 1. The van der Waals surface area contributed by atoms with Crippen molar-refractivity contribution in [1.29, 1.82) is 0 Å². The van der Waals surface area contributed by atoms with Crippen molar-refractivity contribution in [1.82, 2.24) is 0 Å². The van der Waals surface area contributed by atoms with Gasteiger partial charge in [-0.15, -0.1) is 30.3 Å². The first-order valence-electron chi connectivity index (χ1n) is 3.87. The van der Waals surface area contributed by atoms with Gasteiger partial charge in [0.25, 0.3) is 15.3 Å². The summed E-state index contributed by atoms with van der Waals surface area (Å²) in [5.41, 5.74) is 0. The first-order valence-corrected chi connectivity index (χ1v) is 3.87.